The smallest absolute Gasteiger partial charge is 0.137 e. The Bertz CT molecular complexity index is 426. The molecule has 0 spiro atoms. The molecule has 6 heteroatoms. The molecule has 2 rings (SSSR count). The summed E-state index contributed by atoms with van der Waals surface area (Å²) in [7, 11) is 0. The lowest BCUT2D eigenvalue weighted by molar-refractivity contribution is 0.578. The Kier molecular flexibility index (Phi) is 4.09. The molecular formula is C10H13BrN4S. The van der Waals surface area contributed by atoms with Crippen molar-refractivity contribution < 1.29 is 0 Å². The van der Waals surface area contributed by atoms with E-state index < -0.39 is 0 Å². The number of rotatable bonds is 5. The molecule has 0 fully saturated rings. The Balaban J connectivity index is 1.78. The van der Waals surface area contributed by atoms with Crippen molar-refractivity contribution in [2.45, 2.75) is 19.4 Å². The third kappa shape index (κ3) is 3.13. The predicted octanol–water partition coefficient (Wildman–Crippen LogP) is 2.52. The first-order chi connectivity index (χ1) is 7.75. The third-order valence-electron chi connectivity index (χ3n) is 2.29. The van der Waals surface area contributed by atoms with Crippen LogP contribution in [0.15, 0.2) is 22.2 Å². The van der Waals surface area contributed by atoms with Gasteiger partial charge < -0.3 is 5.32 Å². The van der Waals surface area contributed by atoms with Crippen LogP contribution in [0.3, 0.4) is 0 Å². The average molecular weight is 301 g/mol. The summed E-state index contributed by atoms with van der Waals surface area (Å²) < 4.78 is 1.15. The third-order valence-corrected chi connectivity index (χ3v) is 4.17. The van der Waals surface area contributed by atoms with Gasteiger partial charge in [0.2, 0.25) is 0 Å². The Labute approximate surface area is 107 Å². The molecule has 4 nitrogen and oxygen atoms in total. The summed E-state index contributed by atoms with van der Waals surface area (Å²) in [4.78, 5) is 5.42. The van der Waals surface area contributed by atoms with Crippen LogP contribution in [0.5, 0.6) is 0 Å². The van der Waals surface area contributed by atoms with Crippen LogP contribution in [-0.4, -0.2) is 21.7 Å². The lowest BCUT2D eigenvalue weighted by Gasteiger charge is -2.10. The molecule has 0 aliphatic heterocycles. The largest absolute Gasteiger partial charge is 0.309 e. The van der Waals surface area contributed by atoms with Crippen molar-refractivity contribution in [1.82, 2.24) is 20.5 Å². The van der Waals surface area contributed by atoms with Crippen molar-refractivity contribution >= 4 is 27.3 Å². The molecule has 2 aromatic rings. The van der Waals surface area contributed by atoms with E-state index in [-0.39, 0.29) is 0 Å². The van der Waals surface area contributed by atoms with Gasteiger partial charge in [-0.1, -0.05) is 0 Å². The molecule has 2 aromatic heterocycles. The number of halogens is 1. The van der Waals surface area contributed by atoms with Crippen LogP contribution in [-0.2, 0) is 6.42 Å². The van der Waals surface area contributed by atoms with Crippen LogP contribution < -0.4 is 5.32 Å². The Morgan fingerprint density at radius 3 is 3.12 bits per heavy atom. The first-order valence-corrected chi connectivity index (χ1v) is 6.74. The minimum absolute atomic E-state index is 0.374. The summed E-state index contributed by atoms with van der Waals surface area (Å²) in [5.74, 6) is 0.923. The van der Waals surface area contributed by atoms with Gasteiger partial charge >= 0.3 is 0 Å². The normalized spacial score (nSPS) is 12.9. The van der Waals surface area contributed by atoms with Gasteiger partial charge in [0.25, 0.3) is 0 Å². The van der Waals surface area contributed by atoms with Gasteiger partial charge in [0.1, 0.15) is 12.2 Å². The van der Waals surface area contributed by atoms with Crippen molar-refractivity contribution in [2.24, 2.45) is 0 Å². The highest BCUT2D eigenvalue weighted by Crippen LogP contribution is 2.25. The molecule has 0 aliphatic carbocycles. The number of aromatic nitrogens is 3. The zero-order chi connectivity index (χ0) is 11.4. The minimum atomic E-state index is 0.374. The summed E-state index contributed by atoms with van der Waals surface area (Å²) in [6, 6.07) is 2.52. The maximum atomic E-state index is 4.08. The summed E-state index contributed by atoms with van der Waals surface area (Å²) in [5.41, 5.74) is 0. The first-order valence-electron chi connectivity index (χ1n) is 5.07. The van der Waals surface area contributed by atoms with E-state index in [1.165, 1.54) is 11.2 Å². The van der Waals surface area contributed by atoms with E-state index in [9.17, 15) is 0 Å². The van der Waals surface area contributed by atoms with Crippen LogP contribution in [0.1, 0.15) is 23.7 Å². The predicted molar refractivity (Wildman–Crippen MR) is 68.5 cm³/mol. The summed E-state index contributed by atoms with van der Waals surface area (Å²) in [6.07, 6.45) is 2.41. The first kappa shape index (κ1) is 11.8. The zero-order valence-corrected chi connectivity index (χ0v) is 11.3. The Morgan fingerprint density at radius 1 is 1.62 bits per heavy atom. The van der Waals surface area contributed by atoms with Crippen molar-refractivity contribution in [2.75, 3.05) is 6.54 Å². The van der Waals surface area contributed by atoms with Crippen LogP contribution >= 0.6 is 27.3 Å². The van der Waals surface area contributed by atoms with E-state index in [1.807, 2.05) is 0 Å². The van der Waals surface area contributed by atoms with E-state index in [1.54, 1.807) is 11.3 Å². The van der Waals surface area contributed by atoms with E-state index in [0.717, 1.165) is 23.3 Å². The number of nitrogens with one attached hydrogen (secondary N) is 2. The van der Waals surface area contributed by atoms with Gasteiger partial charge in [-0.15, -0.1) is 11.3 Å². The molecule has 0 amide bonds. The molecule has 2 heterocycles. The van der Waals surface area contributed by atoms with Gasteiger partial charge in [-0.05, 0) is 28.9 Å². The van der Waals surface area contributed by atoms with E-state index in [4.69, 9.17) is 0 Å². The fraction of sp³-hybridized carbons (Fsp3) is 0.400. The quantitative estimate of drug-likeness (QED) is 0.892. The van der Waals surface area contributed by atoms with Gasteiger partial charge in [-0.2, -0.15) is 5.10 Å². The summed E-state index contributed by atoms with van der Waals surface area (Å²) >= 11 is 5.22. The van der Waals surface area contributed by atoms with Crippen LogP contribution in [0.4, 0.5) is 0 Å². The van der Waals surface area contributed by atoms with Crippen molar-refractivity contribution in [3.05, 3.63) is 32.9 Å². The number of H-pyrrole nitrogens is 1. The molecule has 0 aliphatic rings. The summed E-state index contributed by atoms with van der Waals surface area (Å²) in [5, 5.41) is 12.2. The zero-order valence-electron chi connectivity index (χ0n) is 8.90. The second kappa shape index (κ2) is 5.56. The number of nitrogens with zero attached hydrogens (tertiary/aromatic N) is 2. The van der Waals surface area contributed by atoms with Crippen molar-refractivity contribution in [1.29, 1.82) is 0 Å². The number of hydrogen-bond acceptors (Lipinski definition) is 4. The molecule has 0 bridgehead atoms. The molecule has 0 aromatic carbocycles. The molecule has 0 saturated carbocycles. The fourth-order valence-corrected chi connectivity index (χ4v) is 2.89. The number of thiophene rings is 1. The second-order valence-electron chi connectivity index (χ2n) is 3.53. The monoisotopic (exact) mass is 300 g/mol. The van der Waals surface area contributed by atoms with Crippen molar-refractivity contribution in [3.8, 4) is 0 Å². The van der Waals surface area contributed by atoms with Crippen LogP contribution in [0.2, 0.25) is 0 Å². The molecule has 0 saturated heterocycles. The molecule has 1 unspecified atom stereocenters. The van der Waals surface area contributed by atoms with Crippen LogP contribution in [0, 0.1) is 0 Å². The van der Waals surface area contributed by atoms with Gasteiger partial charge in [0, 0.05) is 33.7 Å². The molecular weight excluding hydrogens is 288 g/mol. The number of aromatic amines is 1. The Morgan fingerprint density at radius 2 is 2.50 bits per heavy atom. The van der Waals surface area contributed by atoms with Crippen LogP contribution in [0.25, 0.3) is 0 Å². The van der Waals surface area contributed by atoms with Crippen molar-refractivity contribution in [3.63, 3.8) is 0 Å². The SMILES string of the molecule is CC(NCCc1ncn[nH]1)c1cc(Br)cs1. The highest BCUT2D eigenvalue weighted by Gasteiger charge is 2.07. The molecule has 1 atom stereocenters. The lowest BCUT2D eigenvalue weighted by atomic mass is 10.2. The van der Waals surface area contributed by atoms with Gasteiger partial charge in [0.05, 0.1) is 0 Å². The fourth-order valence-electron chi connectivity index (χ4n) is 1.41. The molecule has 2 N–H and O–H groups in total. The van der Waals surface area contributed by atoms with E-state index in [2.05, 4.69) is 54.8 Å². The maximum absolute atomic E-state index is 4.08. The highest BCUT2D eigenvalue weighted by atomic mass is 79.9. The van der Waals surface area contributed by atoms with E-state index in [0.29, 0.717) is 6.04 Å². The van der Waals surface area contributed by atoms with E-state index >= 15 is 0 Å². The minimum Gasteiger partial charge on any atom is -0.309 e. The molecule has 16 heavy (non-hydrogen) atoms. The maximum Gasteiger partial charge on any atom is 0.137 e. The molecule has 0 radical (unpaired) electrons. The highest BCUT2D eigenvalue weighted by molar-refractivity contribution is 9.10. The summed E-state index contributed by atoms with van der Waals surface area (Å²) in [6.45, 7) is 3.06. The van der Waals surface area contributed by atoms with Gasteiger partial charge in [-0.25, -0.2) is 4.98 Å². The molecule has 86 valence electrons. The number of hydrogen-bond donors (Lipinski definition) is 2. The lowest BCUT2D eigenvalue weighted by Crippen LogP contribution is -2.20. The second-order valence-corrected chi connectivity index (χ2v) is 5.38. The van der Waals surface area contributed by atoms with Gasteiger partial charge in [-0.3, -0.25) is 5.10 Å². The Hall–Kier alpha value is -0.720. The van der Waals surface area contributed by atoms with Gasteiger partial charge in [0.15, 0.2) is 0 Å². The standard InChI is InChI=1S/C10H13BrN4S/c1-7(9-4-8(11)5-16-9)12-3-2-10-13-6-14-15-10/h4-7,12H,2-3H2,1H3,(H,13,14,15). The average Bonchev–Trinajstić information content (AvgIpc) is 2.89. The topological polar surface area (TPSA) is 53.6 Å².